The average molecular weight is 246 g/mol. The summed E-state index contributed by atoms with van der Waals surface area (Å²) in [6, 6.07) is 6.56. The molecule has 0 amide bonds. The van der Waals surface area contributed by atoms with Crippen LogP contribution in [-0.2, 0) is 0 Å². The minimum Gasteiger partial charge on any atom is -0.393 e. The zero-order valence-electron chi connectivity index (χ0n) is 10.0. The first-order valence-electron chi connectivity index (χ1n) is 6.31. The summed E-state index contributed by atoms with van der Waals surface area (Å²) in [5.41, 5.74) is 0.895. The molecule has 3 unspecified atom stereocenters. The minimum atomic E-state index is -0.465. The van der Waals surface area contributed by atoms with Gasteiger partial charge in [-0.3, -0.25) is 0 Å². The number of hydrogen-bond acceptors (Lipinski definition) is 3. The van der Waals surface area contributed by atoms with Crippen LogP contribution in [0.4, 0.5) is 10.1 Å². The van der Waals surface area contributed by atoms with Crippen molar-refractivity contribution < 1.29 is 9.50 Å². The molecule has 1 heterocycles. The number of aliphatic hydroxyl groups excluding tert-OH is 1. The van der Waals surface area contributed by atoms with Crippen LogP contribution in [0.5, 0.6) is 0 Å². The first-order chi connectivity index (χ1) is 8.69. The Bertz CT molecular complexity index is 511. The maximum Gasteiger partial charge on any atom is 0.143 e. The number of anilines is 1. The molecule has 0 bridgehead atoms. The Morgan fingerprint density at radius 2 is 2.17 bits per heavy atom. The van der Waals surface area contributed by atoms with Gasteiger partial charge in [0.25, 0.3) is 0 Å². The third kappa shape index (κ3) is 1.75. The maximum atomic E-state index is 13.6. The first-order valence-corrected chi connectivity index (χ1v) is 6.31. The van der Waals surface area contributed by atoms with Crippen LogP contribution in [0.15, 0.2) is 18.2 Å². The van der Waals surface area contributed by atoms with Gasteiger partial charge in [-0.2, -0.15) is 5.26 Å². The summed E-state index contributed by atoms with van der Waals surface area (Å²) in [5.74, 6) is 0.384. The number of nitriles is 1. The Hall–Kier alpha value is -1.60. The molecule has 0 radical (unpaired) electrons. The summed E-state index contributed by atoms with van der Waals surface area (Å²) in [6.45, 7) is 1.67. The molecular weight excluding hydrogens is 231 g/mol. The van der Waals surface area contributed by atoms with E-state index in [-0.39, 0.29) is 11.7 Å². The van der Waals surface area contributed by atoms with Gasteiger partial charge in [-0.05, 0) is 37.0 Å². The molecule has 3 atom stereocenters. The summed E-state index contributed by atoms with van der Waals surface area (Å²) >= 11 is 0. The molecule has 1 aromatic carbocycles. The fraction of sp³-hybridized carbons (Fsp3) is 0.500. The fourth-order valence-electron chi connectivity index (χ4n) is 3.24. The summed E-state index contributed by atoms with van der Waals surface area (Å²) in [5, 5.41) is 18.6. The van der Waals surface area contributed by atoms with Gasteiger partial charge in [-0.15, -0.1) is 0 Å². The Balaban J connectivity index is 1.81. The number of halogens is 1. The van der Waals surface area contributed by atoms with Crippen molar-refractivity contribution in [2.75, 3.05) is 18.0 Å². The van der Waals surface area contributed by atoms with Gasteiger partial charge in [0.1, 0.15) is 11.9 Å². The molecule has 4 heteroatoms. The van der Waals surface area contributed by atoms with Crippen molar-refractivity contribution in [2.45, 2.75) is 18.9 Å². The summed E-state index contributed by atoms with van der Waals surface area (Å²) < 4.78 is 13.6. The van der Waals surface area contributed by atoms with Gasteiger partial charge in [-0.1, -0.05) is 0 Å². The van der Waals surface area contributed by atoms with Gasteiger partial charge in [-0.25, -0.2) is 4.39 Å². The third-order valence-electron chi connectivity index (χ3n) is 4.26. The second-order valence-corrected chi connectivity index (χ2v) is 5.25. The third-order valence-corrected chi connectivity index (χ3v) is 4.26. The predicted octanol–water partition coefficient (Wildman–Crippen LogP) is 1.90. The molecule has 1 aliphatic heterocycles. The molecule has 1 aromatic rings. The monoisotopic (exact) mass is 246 g/mol. The molecule has 94 valence electrons. The summed E-state index contributed by atoms with van der Waals surface area (Å²) in [7, 11) is 0. The van der Waals surface area contributed by atoms with Crippen LogP contribution in [0, 0.1) is 29.0 Å². The Labute approximate surface area is 105 Å². The summed E-state index contributed by atoms with van der Waals surface area (Å²) in [4.78, 5) is 2.11. The quantitative estimate of drug-likeness (QED) is 0.823. The second-order valence-electron chi connectivity index (χ2n) is 5.25. The number of hydrogen-bond donors (Lipinski definition) is 1. The number of nitrogens with zero attached hydrogens (tertiary/aromatic N) is 2. The fourth-order valence-corrected chi connectivity index (χ4v) is 3.24. The van der Waals surface area contributed by atoms with Crippen molar-refractivity contribution in [3.8, 4) is 6.07 Å². The highest BCUT2D eigenvalue weighted by Crippen LogP contribution is 2.39. The van der Waals surface area contributed by atoms with E-state index in [9.17, 15) is 9.50 Å². The van der Waals surface area contributed by atoms with Crippen molar-refractivity contribution in [3.05, 3.63) is 29.6 Å². The lowest BCUT2D eigenvalue weighted by molar-refractivity contribution is 0.133. The van der Waals surface area contributed by atoms with E-state index in [1.165, 1.54) is 12.1 Å². The lowest BCUT2D eigenvalue weighted by Gasteiger charge is -2.20. The Morgan fingerprint density at radius 3 is 2.83 bits per heavy atom. The number of benzene rings is 1. The SMILES string of the molecule is N#Cc1ccc(N2CC3CCC(O)C3C2)cc1F. The Kier molecular flexibility index (Phi) is 2.71. The highest BCUT2D eigenvalue weighted by molar-refractivity contribution is 5.51. The van der Waals surface area contributed by atoms with Crippen LogP contribution < -0.4 is 4.90 Å². The Morgan fingerprint density at radius 1 is 1.33 bits per heavy atom. The van der Waals surface area contributed by atoms with Gasteiger partial charge in [0.15, 0.2) is 0 Å². The van der Waals surface area contributed by atoms with E-state index in [4.69, 9.17) is 5.26 Å². The van der Waals surface area contributed by atoms with Gasteiger partial charge in [0.05, 0.1) is 11.7 Å². The highest BCUT2D eigenvalue weighted by atomic mass is 19.1. The van der Waals surface area contributed by atoms with E-state index >= 15 is 0 Å². The lowest BCUT2D eigenvalue weighted by atomic mass is 10.00. The van der Waals surface area contributed by atoms with Gasteiger partial charge >= 0.3 is 0 Å². The van der Waals surface area contributed by atoms with Crippen LogP contribution in [0.1, 0.15) is 18.4 Å². The van der Waals surface area contributed by atoms with E-state index in [1.807, 2.05) is 6.07 Å². The number of fused-ring (bicyclic) bond motifs is 1. The van der Waals surface area contributed by atoms with Gasteiger partial charge in [0, 0.05) is 24.7 Å². The molecule has 1 saturated carbocycles. The molecule has 18 heavy (non-hydrogen) atoms. The molecule has 2 aliphatic rings. The molecular formula is C14H15FN2O. The van der Waals surface area contributed by atoms with E-state index in [2.05, 4.69) is 4.90 Å². The molecule has 1 aliphatic carbocycles. The largest absolute Gasteiger partial charge is 0.393 e. The highest BCUT2D eigenvalue weighted by Gasteiger charge is 2.41. The lowest BCUT2D eigenvalue weighted by Crippen LogP contribution is -2.24. The van der Waals surface area contributed by atoms with Crippen LogP contribution >= 0.6 is 0 Å². The van der Waals surface area contributed by atoms with Crippen LogP contribution in [0.3, 0.4) is 0 Å². The normalized spacial score (nSPS) is 30.3. The van der Waals surface area contributed by atoms with Crippen molar-refractivity contribution in [2.24, 2.45) is 11.8 Å². The smallest absolute Gasteiger partial charge is 0.143 e. The van der Waals surface area contributed by atoms with E-state index in [1.54, 1.807) is 6.07 Å². The molecule has 0 spiro atoms. The van der Waals surface area contributed by atoms with Crippen molar-refractivity contribution in [1.82, 2.24) is 0 Å². The molecule has 0 aromatic heterocycles. The molecule has 2 fully saturated rings. The molecule has 1 saturated heterocycles. The topological polar surface area (TPSA) is 47.3 Å². The van der Waals surface area contributed by atoms with Gasteiger partial charge < -0.3 is 10.0 Å². The van der Waals surface area contributed by atoms with Crippen LogP contribution in [0.25, 0.3) is 0 Å². The second kappa shape index (κ2) is 4.25. The summed E-state index contributed by atoms with van der Waals surface area (Å²) in [6.07, 6.45) is 1.75. The molecule has 3 rings (SSSR count). The predicted molar refractivity (Wildman–Crippen MR) is 65.5 cm³/mol. The van der Waals surface area contributed by atoms with Crippen LogP contribution in [-0.4, -0.2) is 24.3 Å². The van der Waals surface area contributed by atoms with E-state index in [0.29, 0.717) is 11.8 Å². The van der Waals surface area contributed by atoms with Crippen LogP contribution in [0.2, 0.25) is 0 Å². The van der Waals surface area contributed by atoms with E-state index < -0.39 is 5.82 Å². The van der Waals surface area contributed by atoms with Crippen molar-refractivity contribution in [1.29, 1.82) is 5.26 Å². The van der Waals surface area contributed by atoms with Crippen molar-refractivity contribution >= 4 is 5.69 Å². The molecule has 1 N–H and O–H groups in total. The zero-order valence-corrected chi connectivity index (χ0v) is 10.0. The minimum absolute atomic E-state index is 0.0816. The number of aliphatic hydroxyl groups is 1. The standard InChI is InChI=1S/C14H15FN2O/c15-13-5-11(3-1-9(13)6-16)17-7-10-2-4-14(18)12(10)8-17/h1,3,5,10,12,14,18H,2,4,7-8H2. The van der Waals surface area contributed by atoms with Crippen molar-refractivity contribution in [3.63, 3.8) is 0 Å². The first kappa shape index (κ1) is 11.5. The van der Waals surface area contributed by atoms with Gasteiger partial charge in [0.2, 0.25) is 0 Å². The zero-order chi connectivity index (χ0) is 12.7. The number of rotatable bonds is 1. The van der Waals surface area contributed by atoms with E-state index in [0.717, 1.165) is 31.6 Å². The maximum absolute atomic E-state index is 13.6. The molecule has 3 nitrogen and oxygen atoms in total. The average Bonchev–Trinajstić information content (AvgIpc) is 2.92.